The molecule has 0 saturated carbocycles. The molecule has 3 rings (SSSR count). The van der Waals surface area contributed by atoms with Gasteiger partial charge in [0.25, 0.3) is 0 Å². The van der Waals surface area contributed by atoms with Crippen molar-refractivity contribution >= 4 is 5.69 Å². The van der Waals surface area contributed by atoms with Crippen LogP contribution in [0, 0.1) is 5.82 Å². The average Bonchev–Trinajstić information content (AvgIpc) is 2.50. The van der Waals surface area contributed by atoms with Gasteiger partial charge in [0.05, 0.1) is 18.4 Å². The molecule has 0 amide bonds. The number of anilines is 1. The van der Waals surface area contributed by atoms with Gasteiger partial charge in [0.15, 0.2) is 0 Å². The lowest BCUT2D eigenvalue weighted by Gasteiger charge is -2.24. The molecule has 0 aromatic heterocycles. The van der Waals surface area contributed by atoms with E-state index in [1.165, 1.54) is 6.07 Å². The molecule has 21 heavy (non-hydrogen) atoms. The minimum Gasteiger partial charge on any atom is -0.491 e. The van der Waals surface area contributed by atoms with Gasteiger partial charge in [0, 0.05) is 18.5 Å². The summed E-state index contributed by atoms with van der Waals surface area (Å²) in [6.07, 6.45) is 0.743. The lowest BCUT2D eigenvalue weighted by atomic mass is 10.0. The molecule has 1 unspecified atom stereocenters. The molecule has 0 fully saturated rings. The van der Waals surface area contributed by atoms with Gasteiger partial charge >= 0.3 is 0 Å². The number of halogens is 1. The van der Waals surface area contributed by atoms with Gasteiger partial charge in [-0.2, -0.15) is 0 Å². The molecule has 0 radical (unpaired) electrons. The summed E-state index contributed by atoms with van der Waals surface area (Å²) in [5.41, 5.74) is 2.36. The minimum absolute atomic E-state index is 0.180. The van der Waals surface area contributed by atoms with Crippen LogP contribution in [0.15, 0.2) is 42.5 Å². The molecule has 2 aromatic rings. The summed E-state index contributed by atoms with van der Waals surface area (Å²) in [7, 11) is 0. The predicted octanol–water partition coefficient (Wildman–Crippen LogP) is 3.30. The van der Waals surface area contributed by atoms with Crippen molar-refractivity contribution in [1.82, 2.24) is 0 Å². The second-order valence-electron chi connectivity index (χ2n) is 5.15. The van der Waals surface area contributed by atoms with Gasteiger partial charge in [-0.05, 0) is 24.1 Å². The Morgan fingerprint density at radius 3 is 2.90 bits per heavy atom. The average molecular weight is 287 g/mol. The van der Waals surface area contributed by atoms with Gasteiger partial charge in [-0.15, -0.1) is 0 Å². The zero-order valence-electron chi connectivity index (χ0n) is 11.7. The Bertz CT molecular complexity index is 630. The number of rotatable bonds is 4. The Hall–Kier alpha value is -2.07. The molecule has 0 spiro atoms. The molecule has 2 N–H and O–H groups in total. The Morgan fingerprint density at radius 2 is 2.05 bits per heavy atom. The highest BCUT2D eigenvalue weighted by atomic mass is 19.1. The molecule has 4 heteroatoms. The molecule has 1 atom stereocenters. The smallest absolute Gasteiger partial charge is 0.148 e. The van der Waals surface area contributed by atoms with Crippen LogP contribution in [0.3, 0.4) is 0 Å². The number of fused-ring (bicyclic) bond motifs is 1. The molecule has 0 bridgehead atoms. The number of benzene rings is 2. The first-order valence-electron chi connectivity index (χ1n) is 7.17. The number of para-hydroxylation sites is 1. The van der Waals surface area contributed by atoms with Crippen LogP contribution in [-0.4, -0.2) is 18.3 Å². The quantitative estimate of drug-likeness (QED) is 0.906. The normalized spacial score (nSPS) is 17.0. The van der Waals surface area contributed by atoms with Crippen molar-refractivity contribution in [3.8, 4) is 5.75 Å². The third kappa shape index (κ3) is 3.00. The highest BCUT2D eigenvalue weighted by Gasteiger charge is 2.21. The molecule has 0 saturated heterocycles. The fraction of sp³-hybridized carbons (Fsp3) is 0.294. The van der Waals surface area contributed by atoms with E-state index in [9.17, 15) is 9.50 Å². The van der Waals surface area contributed by atoms with E-state index in [0.717, 1.165) is 11.3 Å². The molecule has 110 valence electrons. The molecule has 1 aliphatic heterocycles. The maximum Gasteiger partial charge on any atom is 0.148 e. The van der Waals surface area contributed by atoms with Crippen molar-refractivity contribution in [2.75, 3.05) is 18.5 Å². The first-order chi connectivity index (χ1) is 10.3. The first kappa shape index (κ1) is 13.9. The van der Waals surface area contributed by atoms with Crippen LogP contribution < -0.4 is 10.1 Å². The lowest BCUT2D eigenvalue weighted by Crippen LogP contribution is -2.16. The van der Waals surface area contributed by atoms with E-state index < -0.39 is 6.10 Å². The number of aliphatic hydroxyl groups excluding tert-OH is 1. The molecule has 1 aliphatic rings. The van der Waals surface area contributed by atoms with Gasteiger partial charge in [-0.3, -0.25) is 0 Å². The van der Waals surface area contributed by atoms with E-state index in [-0.39, 0.29) is 5.82 Å². The zero-order valence-corrected chi connectivity index (χ0v) is 11.7. The summed E-state index contributed by atoms with van der Waals surface area (Å²) < 4.78 is 19.2. The van der Waals surface area contributed by atoms with Crippen LogP contribution in [0.2, 0.25) is 0 Å². The highest BCUT2D eigenvalue weighted by Crippen LogP contribution is 2.37. The highest BCUT2D eigenvalue weighted by molar-refractivity contribution is 5.61. The van der Waals surface area contributed by atoms with Crippen LogP contribution in [0.4, 0.5) is 10.1 Å². The summed E-state index contributed by atoms with van der Waals surface area (Å²) in [5, 5.41) is 13.2. The van der Waals surface area contributed by atoms with Crippen molar-refractivity contribution in [1.29, 1.82) is 0 Å². The zero-order chi connectivity index (χ0) is 14.7. The van der Waals surface area contributed by atoms with E-state index in [1.807, 2.05) is 24.3 Å². The molecular weight excluding hydrogens is 269 g/mol. The molecule has 0 aliphatic carbocycles. The van der Waals surface area contributed by atoms with Gasteiger partial charge in [0.2, 0.25) is 0 Å². The van der Waals surface area contributed by atoms with Crippen molar-refractivity contribution in [3.05, 3.63) is 59.4 Å². The lowest BCUT2D eigenvalue weighted by molar-refractivity contribution is 0.116. The van der Waals surface area contributed by atoms with E-state index >= 15 is 0 Å². The Kier molecular flexibility index (Phi) is 4.06. The van der Waals surface area contributed by atoms with E-state index in [0.29, 0.717) is 37.3 Å². The third-order valence-corrected chi connectivity index (χ3v) is 3.71. The number of ether oxygens (including phenoxy) is 1. The fourth-order valence-electron chi connectivity index (χ4n) is 2.58. The van der Waals surface area contributed by atoms with E-state index in [4.69, 9.17) is 4.74 Å². The van der Waals surface area contributed by atoms with Gasteiger partial charge in [0.1, 0.15) is 11.6 Å². The number of hydrogen-bond acceptors (Lipinski definition) is 3. The Balaban J connectivity index is 1.69. The van der Waals surface area contributed by atoms with Crippen molar-refractivity contribution in [2.24, 2.45) is 0 Å². The summed E-state index contributed by atoms with van der Waals surface area (Å²) in [6.45, 7) is 1.12. The molecule has 2 aromatic carbocycles. The summed E-state index contributed by atoms with van der Waals surface area (Å²) >= 11 is 0. The predicted molar refractivity (Wildman–Crippen MR) is 80.1 cm³/mol. The van der Waals surface area contributed by atoms with Crippen molar-refractivity contribution in [3.63, 3.8) is 0 Å². The maximum absolute atomic E-state index is 13.6. The van der Waals surface area contributed by atoms with Crippen molar-refractivity contribution < 1.29 is 14.2 Å². The van der Waals surface area contributed by atoms with Crippen LogP contribution in [0.25, 0.3) is 0 Å². The van der Waals surface area contributed by atoms with E-state index in [2.05, 4.69) is 5.32 Å². The second-order valence-corrected chi connectivity index (χ2v) is 5.15. The van der Waals surface area contributed by atoms with Crippen LogP contribution >= 0.6 is 0 Å². The van der Waals surface area contributed by atoms with Crippen LogP contribution in [-0.2, 0) is 6.42 Å². The number of nitrogens with one attached hydrogen (secondary N) is 1. The summed E-state index contributed by atoms with van der Waals surface area (Å²) in [6, 6.07) is 12.5. The monoisotopic (exact) mass is 287 g/mol. The Morgan fingerprint density at radius 1 is 1.19 bits per heavy atom. The van der Waals surface area contributed by atoms with E-state index in [1.54, 1.807) is 12.1 Å². The van der Waals surface area contributed by atoms with Gasteiger partial charge in [-0.1, -0.05) is 30.3 Å². The van der Waals surface area contributed by atoms with Crippen LogP contribution in [0.5, 0.6) is 5.75 Å². The maximum atomic E-state index is 13.6. The van der Waals surface area contributed by atoms with Gasteiger partial charge < -0.3 is 15.2 Å². The summed E-state index contributed by atoms with van der Waals surface area (Å²) in [5.74, 6) is 0.533. The number of aliphatic hydroxyl groups is 1. The standard InChI is InChI=1S/C17H18FNO2/c18-14-6-2-1-4-12(14)8-10-19-15-7-3-5-13-16(20)9-11-21-17(13)15/h1-7,16,19-20H,8-11H2. The molecule has 3 nitrogen and oxygen atoms in total. The van der Waals surface area contributed by atoms with Gasteiger partial charge in [-0.25, -0.2) is 4.39 Å². The third-order valence-electron chi connectivity index (χ3n) is 3.71. The van der Waals surface area contributed by atoms with Crippen LogP contribution in [0.1, 0.15) is 23.7 Å². The second kappa shape index (κ2) is 6.14. The SMILES string of the molecule is OC1CCOc2c(NCCc3ccccc3F)cccc21. The largest absolute Gasteiger partial charge is 0.491 e. The molecule has 1 heterocycles. The Labute approximate surface area is 123 Å². The minimum atomic E-state index is -0.470. The topological polar surface area (TPSA) is 41.5 Å². The number of hydrogen-bond donors (Lipinski definition) is 2. The summed E-state index contributed by atoms with van der Waals surface area (Å²) in [4.78, 5) is 0. The fourth-order valence-corrected chi connectivity index (χ4v) is 2.58. The first-order valence-corrected chi connectivity index (χ1v) is 7.17. The van der Waals surface area contributed by atoms with Crippen molar-refractivity contribution in [2.45, 2.75) is 18.9 Å². The molecular formula is C17H18FNO2.